The van der Waals surface area contributed by atoms with Gasteiger partial charge in [-0.05, 0) is 25.5 Å². The highest BCUT2D eigenvalue weighted by molar-refractivity contribution is 5.85. The van der Waals surface area contributed by atoms with Crippen molar-refractivity contribution in [2.24, 2.45) is 0 Å². The van der Waals surface area contributed by atoms with Crippen LogP contribution in [0.15, 0.2) is 24.3 Å². The molecule has 1 saturated heterocycles. The number of nitrogens with zero attached hydrogens (tertiary/aromatic N) is 1. The van der Waals surface area contributed by atoms with Gasteiger partial charge in [-0.3, -0.25) is 4.79 Å². The Bertz CT molecular complexity index is 416. The van der Waals surface area contributed by atoms with Crippen LogP contribution in [0.2, 0.25) is 0 Å². The maximum absolute atomic E-state index is 11.8. The Balaban J connectivity index is 0.00000220. The standard InChI is InChI=1S/C16H25N3O.ClH/c1-14-3-5-15(6-4-14)13-16(20)18-7-2-10-19-11-8-17-9-12-19;/h3-6,17H,2,7-13H2,1H3,(H,18,20);1H. The fraction of sp³-hybridized carbons (Fsp3) is 0.562. The van der Waals surface area contributed by atoms with Gasteiger partial charge in [-0.25, -0.2) is 0 Å². The van der Waals surface area contributed by atoms with Crippen LogP contribution in [0.5, 0.6) is 0 Å². The van der Waals surface area contributed by atoms with Crippen molar-refractivity contribution in [2.45, 2.75) is 19.8 Å². The van der Waals surface area contributed by atoms with E-state index < -0.39 is 0 Å². The van der Waals surface area contributed by atoms with E-state index in [4.69, 9.17) is 0 Å². The average Bonchev–Trinajstić information content (AvgIpc) is 2.47. The summed E-state index contributed by atoms with van der Waals surface area (Å²) in [6.45, 7) is 8.31. The first-order chi connectivity index (χ1) is 9.74. The second-order valence-corrected chi connectivity index (χ2v) is 5.46. The second kappa shape index (κ2) is 9.77. The molecule has 5 heteroatoms. The summed E-state index contributed by atoms with van der Waals surface area (Å²) < 4.78 is 0. The van der Waals surface area contributed by atoms with Crippen LogP contribution in [-0.4, -0.2) is 50.1 Å². The number of carbonyl (C=O) groups is 1. The first-order valence-electron chi connectivity index (χ1n) is 7.49. The van der Waals surface area contributed by atoms with Crippen LogP contribution in [0.4, 0.5) is 0 Å². The van der Waals surface area contributed by atoms with Crippen molar-refractivity contribution >= 4 is 18.3 Å². The van der Waals surface area contributed by atoms with Crippen LogP contribution in [0.1, 0.15) is 17.5 Å². The zero-order chi connectivity index (χ0) is 14.2. The zero-order valence-corrected chi connectivity index (χ0v) is 13.5. The quantitative estimate of drug-likeness (QED) is 0.780. The predicted octanol–water partition coefficient (Wildman–Crippen LogP) is 1.37. The van der Waals surface area contributed by atoms with Gasteiger partial charge in [0.15, 0.2) is 0 Å². The van der Waals surface area contributed by atoms with Gasteiger partial charge in [0, 0.05) is 32.7 Å². The molecule has 1 fully saturated rings. The summed E-state index contributed by atoms with van der Waals surface area (Å²) >= 11 is 0. The molecule has 1 amide bonds. The summed E-state index contributed by atoms with van der Waals surface area (Å²) in [6.07, 6.45) is 1.51. The number of benzene rings is 1. The lowest BCUT2D eigenvalue weighted by Crippen LogP contribution is -2.44. The van der Waals surface area contributed by atoms with Crippen molar-refractivity contribution in [3.05, 3.63) is 35.4 Å². The Morgan fingerprint density at radius 2 is 1.90 bits per heavy atom. The summed E-state index contributed by atoms with van der Waals surface area (Å²) in [5.74, 6) is 0.120. The molecule has 0 bridgehead atoms. The van der Waals surface area contributed by atoms with E-state index in [1.165, 1.54) is 5.56 Å². The van der Waals surface area contributed by atoms with Crippen molar-refractivity contribution in [3.8, 4) is 0 Å². The maximum atomic E-state index is 11.8. The van der Waals surface area contributed by atoms with Gasteiger partial charge in [0.05, 0.1) is 6.42 Å². The number of hydrogen-bond acceptors (Lipinski definition) is 3. The van der Waals surface area contributed by atoms with Gasteiger partial charge in [-0.15, -0.1) is 12.4 Å². The van der Waals surface area contributed by atoms with Crippen molar-refractivity contribution in [2.75, 3.05) is 39.3 Å². The number of aryl methyl sites for hydroxylation is 1. The average molecular weight is 312 g/mol. The molecule has 2 rings (SSSR count). The van der Waals surface area contributed by atoms with E-state index >= 15 is 0 Å². The molecule has 0 radical (unpaired) electrons. The number of nitrogens with one attached hydrogen (secondary N) is 2. The van der Waals surface area contributed by atoms with Crippen LogP contribution in [-0.2, 0) is 11.2 Å². The first-order valence-corrected chi connectivity index (χ1v) is 7.49. The SMILES string of the molecule is Cc1ccc(CC(=O)NCCCN2CCNCC2)cc1.Cl. The largest absolute Gasteiger partial charge is 0.356 e. The monoisotopic (exact) mass is 311 g/mol. The van der Waals surface area contributed by atoms with Gasteiger partial charge in [0.2, 0.25) is 5.91 Å². The topological polar surface area (TPSA) is 44.4 Å². The molecule has 4 nitrogen and oxygen atoms in total. The highest BCUT2D eigenvalue weighted by atomic mass is 35.5. The highest BCUT2D eigenvalue weighted by Crippen LogP contribution is 2.03. The van der Waals surface area contributed by atoms with Gasteiger partial charge in [-0.2, -0.15) is 0 Å². The molecule has 0 spiro atoms. The molecule has 21 heavy (non-hydrogen) atoms. The van der Waals surface area contributed by atoms with E-state index in [-0.39, 0.29) is 18.3 Å². The van der Waals surface area contributed by atoms with Gasteiger partial charge in [-0.1, -0.05) is 29.8 Å². The van der Waals surface area contributed by atoms with E-state index in [2.05, 4.69) is 22.5 Å². The number of rotatable bonds is 6. The van der Waals surface area contributed by atoms with Crippen LogP contribution < -0.4 is 10.6 Å². The molecule has 0 aliphatic carbocycles. The van der Waals surface area contributed by atoms with Crippen molar-refractivity contribution < 1.29 is 4.79 Å². The Labute approximate surface area is 133 Å². The highest BCUT2D eigenvalue weighted by Gasteiger charge is 2.08. The Kier molecular flexibility index (Phi) is 8.35. The van der Waals surface area contributed by atoms with Gasteiger partial charge in [0.25, 0.3) is 0 Å². The molecular formula is C16H26ClN3O. The zero-order valence-electron chi connectivity index (χ0n) is 12.7. The molecule has 118 valence electrons. The molecule has 1 heterocycles. The number of carbonyl (C=O) groups excluding carboxylic acids is 1. The van der Waals surface area contributed by atoms with E-state index in [0.717, 1.165) is 51.3 Å². The first kappa shape index (κ1) is 18.0. The predicted molar refractivity (Wildman–Crippen MR) is 89.1 cm³/mol. The Hall–Kier alpha value is -1.10. The summed E-state index contributed by atoms with van der Waals surface area (Å²) in [6, 6.07) is 8.14. The van der Waals surface area contributed by atoms with Gasteiger partial charge < -0.3 is 15.5 Å². The van der Waals surface area contributed by atoms with Crippen LogP contribution >= 0.6 is 12.4 Å². The number of amides is 1. The second-order valence-electron chi connectivity index (χ2n) is 5.46. The van der Waals surface area contributed by atoms with E-state index in [1.54, 1.807) is 0 Å². The number of piperazine rings is 1. The number of hydrogen-bond donors (Lipinski definition) is 2. The third-order valence-electron chi connectivity index (χ3n) is 3.67. The van der Waals surface area contributed by atoms with Crippen LogP contribution in [0.25, 0.3) is 0 Å². The normalized spacial score (nSPS) is 15.3. The van der Waals surface area contributed by atoms with Gasteiger partial charge >= 0.3 is 0 Å². The Morgan fingerprint density at radius 3 is 2.57 bits per heavy atom. The third kappa shape index (κ3) is 6.93. The molecule has 1 aromatic carbocycles. The lowest BCUT2D eigenvalue weighted by molar-refractivity contribution is -0.120. The van der Waals surface area contributed by atoms with Crippen molar-refractivity contribution in [1.29, 1.82) is 0 Å². The Morgan fingerprint density at radius 1 is 1.24 bits per heavy atom. The fourth-order valence-corrected chi connectivity index (χ4v) is 2.42. The minimum absolute atomic E-state index is 0. The third-order valence-corrected chi connectivity index (χ3v) is 3.67. The summed E-state index contributed by atoms with van der Waals surface area (Å²) in [4.78, 5) is 14.3. The smallest absolute Gasteiger partial charge is 0.224 e. The van der Waals surface area contributed by atoms with Crippen LogP contribution in [0.3, 0.4) is 0 Å². The molecule has 1 aliphatic heterocycles. The molecule has 0 saturated carbocycles. The molecule has 0 atom stereocenters. The minimum Gasteiger partial charge on any atom is -0.356 e. The van der Waals surface area contributed by atoms with Crippen LogP contribution in [0, 0.1) is 6.92 Å². The summed E-state index contributed by atoms with van der Waals surface area (Å²) in [5, 5.41) is 6.35. The lowest BCUT2D eigenvalue weighted by atomic mass is 10.1. The van der Waals surface area contributed by atoms with Crippen molar-refractivity contribution in [3.63, 3.8) is 0 Å². The molecule has 2 N–H and O–H groups in total. The van der Waals surface area contributed by atoms with E-state index in [9.17, 15) is 4.79 Å². The lowest BCUT2D eigenvalue weighted by Gasteiger charge is -2.27. The summed E-state index contributed by atoms with van der Waals surface area (Å²) in [7, 11) is 0. The molecular weight excluding hydrogens is 286 g/mol. The molecule has 0 unspecified atom stereocenters. The molecule has 1 aliphatic rings. The maximum Gasteiger partial charge on any atom is 0.224 e. The van der Waals surface area contributed by atoms with Crippen molar-refractivity contribution in [1.82, 2.24) is 15.5 Å². The summed E-state index contributed by atoms with van der Waals surface area (Å²) in [5.41, 5.74) is 2.31. The van der Waals surface area contributed by atoms with E-state index in [0.29, 0.717) is 6.42 Å². The molecule has 1 aromatic rings. The van der Waals surface area contributed by atoms with Gasteiger partial charge in [0.1, 0.15) is 0 Å². The van der Waals surface area contributed by atoms with E-state index in [1.807, 2.05) is 24.3 Å². The molecule has 0 aromatic heterocycles. The minimum atomic E-state index is 0. The number of halogens is 1. The fourth-order valence-electron chi connectivity index (χ4n) is 2.42.